The molecule has 2 heterocycles. The zero-order valence-corrected chi connectivity index (χ0v) is 23.0. The van der Waals surface area contributed by atoms with E-state index in [0.717, 1.165) is 35.2 Å². The fourth-order valence-electron chi connectivity index (χ4n) is 3.52. The largest absolute Gasteiger partial charge is 0.298 e. The topological polar surface area (TPSA) is 152 Å². The van der Waals surface area contributed by atoms with Crippen LogP contribution in [0.4, 0.5) is 10.3 Å². The molecule has 5 rings (SSSR count). The summed E-state index contributed by atoms with van der Waals surface area (Å²) >= 11 is 2.27. The molecule has 0 aliphatic carbocycles. The lowest BCUT2D eigenvalue weighted by molar-refractivity contribution is 0.102. The maximum Gasteiger partial charge on any atom is 0.257 e. The van der Waals surface area contributed by atoms with Crippen LogP contribution in [0.15, 0.2) is 70.5 Å². The molecule has 0 fully saturated rings. The normalized spacial score (nSPS) is 12.1. The Kier molecular flexibility index (Phi) is 6.51. The maximum atomic E-state index is 12.8. The molecule has 2 N–H and O–H groups in total. The van der Waals surface area contributed by atoms with Crippen LogP contribution < -0.4 is 10.6 Å². The van der Waals surface area contributed by atoms with Gasteiger partial charge in [-0.05, 0) is 54.6 Å². The number of carbonyl (C=O) groups excluding carboxylic acids is 2. The van der Waals surface area contributed by atoms with Crippen LogP contribution in [0.5, 0.6) is 0 Å². The number of nitrogens with one attached hydrogen (secondary N) is 2. The van der Waals surface area contributed by atoms with Gasteiger partial charge in [0.15, 0.2) is 29.9 Å². The number of hydrogen-bond acceptors (Lipinski definition) is 10. The predicted octanol–water partition coefficient (Wildman–Crippen LogP) is 4.22. The van der Waals surface area contributed by atoms with E-state index in [1.807, 2.05) is 0 Å². The standard InChI is InChI=1S/C24H18N4O6S4/c1-37(31,32)15-6-8-17-19(11-15)35-23(25-17)27-21(29)13-4-3-5-14(10-13)22(30)28-24-26-18-9-7-16(38(2,33)34)12-20(18)36-24/h3-12H,1-2H3,(H,25,27,29)(H,26,28,30). The Bertz CT molecular complexity index is 1840. The van der Waals surface area contributed by atoms with Crippen LogP contribution in [0.3, 0.4) is 0 Å². The number of nitrogens with zero attached hydrogens (tertiary/aromatic N) is 2. The van der Waals surface area contributed by atoms with Gasteiger partial charge in [-0.25, -0.2) is 26.8 Å². The molecule has 2 amide bonds. The first-order valence-electron chi connectivity index (χ1n) is 10.8. The summed E-state index contributed by atoms with van der Waals surface area (Å²) in [6.45, 7) is 0. The Hall–Kier alpha value is -3.72. The van der Waals surface area contributed by atoms with E-state index in [4.69, 9.17) is 0 Å². The van der Waals surface area contributed by atoms with Crippen molar-refractivity contribution in [3.8, 4) is 0 Å². The van der Waals surface area contributed by atoms with E-state index in [0.29, 0.717) is 20.4 Å². The van der Waals surface area contributed by atoms with Crippen LogP contribution in [-0.4, -0.2) is 51.1 Å². The number of amides is 2. The summed E-state index contributed by atoms with van der Waals surface area (Å²) in [6.07, 6.45) is 2.24. The SMILES string of the molecule is CS(=O)(=O)c1ccc2nc(NC(=O)c3cccc(C(=O)Nc4nc5ccc(S(C)(=O)=O)cc5s4)c3)sc2c1. The lowest BCUT2D eigenvalue weighted by atomic mass is 10.1. The monoisotopic (exact) mass is 586 g/mol. The molecule has 0 spiro atoms. The van der Waals surface area contributed by atoms with Crippen molar-refractivity contribution in [1.29, 1.82) is 0 Å². The molecule has 0 bridgehead atoms. The fourth-order valence-corrected chi connectivity index (χ4v) is 6.76. The summed E-state index contributed by atoms with van der Waals surface area (Å²) < 4.78 is 48.4. The van der Waals surface area contributed by atoms with Gasteiger partial charge in [-0.3, -0.25) is 20.2 Å². The molecule has 0 saturated carbocycles. The van der Waals surface area contributed by atoms with E-state index >= 15 is 0 Å². The van der Waals surface area contributed by atoms with Crippen molar-refractivity contribution in [2.45, 2.75) is 9.79 Å². The highest BCUT2D eigenvalue weighted by atomic mass is 32.2. The summed E-state index contributed by atoms with van der Waals surface area (Å²) in [5.41, 5.74) is 1.53. The smallest absolute Gasteiger partial charge is 0.257 e. The lowest BCUT2D eigenvalue weighted by Crippen LogP contribution is -2.15. The first kappa shape index (κ1) is 25.9. The average molecular weight is 587 g/mol. The minimum atomic E-state index is -3.38. The summed E-state index contributed by atoms with van der Waals surface area (Å²) in [4.78, 5) is 34.7. The van der Waals surface area contributed by atoms with E-state index in [1.165, 1.54) is 30.3 Å². The summed E-state index contributed by atoms with van der Waals surface area (Å²) in [5.74, 6) is -0.981. The molecule has 0 unspecified atom stereocenters. The van der Waals surface area contributed by atoms with E-state index in [9.17, 15) is 26.4 Å². The third-order valence-corrected chi connectivity index (χ3v) is 9.49. The summed E-state index contributed by atoms with van der Waals surface area (Å²) in [5, 5.41) is 5.94. The van der Waals surface area contributed by atoms with Gasteiger partial charge >= 0.3 is 0 Å². The molecule has 2 aromatic heterocycles. The van der Waals surface area contributed by atoms with Gasteiger partial charge < -0.3 is 0 Å². The summed E-state index contributed by atoms with van der Waals surface area (Å²) in [6, 6.07) is 15.2. The third-order valence-electron chi connectivity index (χ3n) is 5.40. The first-order valence-corrected chi connectivity index (χ1v) is 16.2. The number of aromatic nitrogens is 2. The van der Waals surface area contributed by atoms with E-state index < -0.39 is 31.5 Å². The van der Waals surface area contributed by atoms with Gasteiger partial charge in [0.2, 0.25) is 0 Å². The Morgan fingerprint density at radius 1 is 0.658 bits per heavy atom. The van der Waals surface area contributed by atoms with Crippen molar-refractivity contribution in [3.63, 3.8) is 0 Å². The van der Waals surface area contributed by atoms with Crippen molar-refractivity contribution in [1.82, 2.24) is 9.97 Å². The van der Waals surface area contributed by atoms with Crippen LogP contribution in [0.25, 0.3) is 20.4 Å². The number of anilines is 2. The minimum absolute atomic E-state index is 0.161. The van der Waals surface area contributed by atoms with Gasteiger partial charge in [0.25, 0.3) is 11.8 Å². The van der Waals surface area contributed by atoms with Crippen molar-refractivity contribution in [3.05, 3.63) is 71.8 Å². The molecule has 0 aliphatic rings. The van der Waals surface area contributed by atoms with Crippen molar-refractivity contribution in [2.75, 3.05) is 23.1 Å². The number of rotatable bonds is 6. The number of hydrogen-bond donors (Lipinski definition) is 2. The zero-order chi connectivity index (χ0) is 27.2. The number of sulfone groups is 2. The second-order valence-electron chi connectivity index (χ2n) is 8.33. The molecular weight excluding hydrogens is 569 g/mol. The molecule has 0 atom stereocenters. The molecule has 194 valence electrons. The molecule has 0 saturated heterocycles. The van der Waals surface area contributed by atoms with Crippen LogP contribution in [0, 0.1) is 0 Å². The van der Waals surface area contributed by atoms with E-state index in [-0.39, 0.29) is 31.2 Å². The second kappa shape index (κ2) is 9.54. The second-order valence-corrected chi connectivity index (χ2v) is 14.4. The van der Waals surface area contributed by atoms with Crippen LogP contribution in [-0.2, 0) is 19.7 Å². The van der Waals surface area contributed by atoms with Crippen molar-refractivity contribution in [2.24, 2.45) is 0 Å². The van der Waals surface area contributed by atoms with Gasteiger partial charge in [-0.1, -0.05) is 28.7 Å². The maximum absolute atomic E-state index is 12.8. The van der Waals surface area contributed by atoms with Gasteiger partial charge in [0.1, 0.15) is 0 Å². The Morgan fingerprint density at radius 3 is 1.47 bits per heavy atom. The highest BCUT2D eigenvalue weighted by molar-refractivity contribution is 7.91. The van der Waals surface area contributed by atoms with Crippen LogP contribution >= 0.6 is 22.7 Å². The Labute approximate surface area is 225 Å². The number of fused-ring (bicyclic) bond motifs is 2. The molecule has 3 aromatic carbocycles. The first-order chi connectivity index (χ1) is 17.9. The summed E-state index contributed by atoms with van der Waals surface area (Å²) in [7, 11) is -6.75. The van der Waals surface area contributed by atoms with Gasteiger partial charge in [0.05, 0.1) is 30.2 Å². The number of thiazole rings is 2. The van der Waals surface area contributed by atoms with Gasteiger partial charge in [-0.15, -0.1) is 0 Å². The third kappa shape index (κ3) is 5.43. The highest BCUT2D eigenvalue weighted by Crippen LogP contribution is 2.30. The quantitative estimate of drug-likeness (QED) is 0.300. The van der Waals surface area contributed by atoms with Crippen molar-refractivity contribution >= 4 is 84.9 Å². The number of carbonyl (C=O) groups is 2. The highest BCUT2D eigenvalue weighted by Gasteiger charge is 2.16. The minimum Gasteiger partial charge on any atom is -0.298 e. The molecule has 5 aromatic rings. The molecule has 38 heavy (non-hydrogen) atoms. The van der Waals surface area contributed by atoms with Gasteiger partial charge in [-0.2, -0.15) is 0 Å². The molecule has 0 radical (unpaired) electrons. The molecule has 14 heteroatoms. The zero-order valence-electron chi connectivity index (χ0n) is 19.8. The van der Waals surface area contributed by atoms with E-state index in [2.05, 4.69) is 20.6 Å². The van der Waals surface area contributed by atoms with Crippen LogP contribution in [0.2, 0.25) is 0 Å². The van der Waals surface area contributed by atoms with Gasteiger partial charge in [0, 0.05) is 23.6 Å². The lowest BCUT2D eigenvalue weighted by Gasteiger charge is -2.05. The Morgan fingerprint density at radius 2 is 1.08 bits per heavy atom. The fraction of sp³-hybridized carbons (Fsp3) is 0.0833. The average Bonchev–Trinajstić information content (AvgIpc) is 3.44. The van der Waals surface area contributed by atoms with E-state index in [1.54, 1.807) is 30.3 Å². The molecular formula is C24H18N4O6S4. The number of benzene rings is 3. The molecule has 10 nitrogen and oxygen atoms in total. The predicted molar refractivity (Wildman–Crippen MR) is 148 cm³/mol. The Balaban J connectivity index is 1.32. The van der Waals surface area contributed by atoms with Crippen LogP contribution in [0.1, 0.15) is 20.7 Å². The molecule has 0 aliphatic heterocycles. The van der Waals surface area contributed by atoms with Crippen molar-refractivity contribution < 1.29 is 26.4 Å².